The number of hydrogen-bond donors (Lipinski definition) is 0. The smallest absolute Gasteiger partial charge is 0.283 e. The predicted molar refractivity (Wildman–Crippen MR) is 130 cm³/mol. The second-order valence-electron chi connectivity index (χ2n) is 8.00. The number of amides is 1. The molecule has 34 heavy (non-hydrogen) atoms. The number of hydrogen-bond acceptors (Lipinski definition) is 8. The van der Waals surface area contributed by atoms with Gasteiger partial charge in [0.2, 0.25) is 5.89 Å². The van der Waals surface area contributed by atoms with Crippen LogP contribution >= 0.6 is 11.3 Å². The summed E-state index contributed by atoms with van der Waals surface area (Å²) in [5.74, 6) is 1.15. The van der Waals surface area contributed by atoms with Crippen LogP contribution in [0.15, 0.2) is 63.6 Å². The van der Waals surface area contributed by atoms with Gasteiger partial charge >= 0.3 is 0 Å². The molecule has 1 amide bonds. The first kappa shape index (κ1) is 22.4. The number of anilines is 1. The van der Waals surface area contributed by atoms with E-state index in [1.54, 1.807) is 23.3 Å². The Kier molecular flexibility index (Phi) is 6.73. The number of ether oxygens (including phenoxy) is 1. The number of carbonyl (C=O) groups excluding carboxylic acids is 1. The van der Waals surface area contributed by atoms with Gasteiger partial charge in [-0.15, -0.1) is 21.5 Å². The van der Waals surface area contributed by atoms with Crippen LogP contribution in [0, 0.1) is 0 Å². The van der Waals surface area contributed by atoms with Gasteiger partial charge in [0, 0.05) is 25.2 Å². The number of furan rings is 1. The standard InChI is InChI=1S/C25H26N4O4S/c1-2-10-29(17-22-26-27-23(33-22)20-9-6-13-32-20)24(30)21-16-19(18-7-4-3-5-8-18)25(34-21)28-11-14-31-15-12-28/h3-9,13,16H,2,10-12,14-15,17H2,1H3. The maximum atomic E-state index is 13.6. The number of aromatic nitrogens is 2. The number of nitrogens with zero attached hydrogens (tertiary/aromatic N) is 4. The number of carbonyl (C=O) groups is 1. The fourth-order valence-corrected chi connectivity index (χ4v) is 5.17. The molecule has 176 valence electrons. The van der Waals surface area contributed by atoms with Gasteiger partial charge in [-0.05, 0) is 30.2 Å². The van der Waals surface area contributed by atoms with Gasteiger partial charge in [-0.3, -0.25) is 4.79 Å². The average molecular weight is 479 g/mol. The number of thiophene rings is 1. The van der Waals surface area contributed by atoms with E-state index in [1.807, 2.05) is 31.2 Å². The highest BCUT2D eigenvalue weighted by Gasteiger charge is 2.25. The molecule has 0 spiro atoms. The van der Waals surface area contributed by atoms with Gasteiger partial charge in [0.1, 0.15) is 0 Å². The predicted octanol–water partition coefficient (Wildman–Crippen LogP) is 4.95. The van der Waals surface area contributed by atoms with E-state index >= 15 is 0 Å². The number of benzene rings is 1. The molecular weight excluding hydrogens is 452 g/mol. The Bertz CT molecular complexity index is 1210. The minimum Gasteiger partial charge on any atom is -0.459 e. The van der Waals surface area contributed by atoms with Crippen LogP contribution in [-0.2, 0) is 11.3 Å². The first-order valence-electron chi connectivity index (χ1n) is 11.4. The Balaban J connectivity index is 1.42. The summed E-state index contributed by atoms with van der Waals surface area (Å²) in [6.07, 6.45) is 2.37. The third-order valence-corrected chi connectivity index (χ3v) is 6.80. The summed E-state index contributed by atoms with van der Waals surface area (Å²) >= 11 is 1.53. The monoisotopic (exact) mass is 478 g/mol. The summed E-state index contributed by atoms with van der Waals surface area (Å²) < 4.78 is 16.6. The zero-order valence-corrected chi connectivity index (χ0v) is 19.8. The van der Waals surface area contributed by atoms with Crippen molar-refractivity contribution in [2.45, 2.75) is 19.9 Å². The van der Waals surface area contributed by atoms with Gasteiger partial charge in [-0.25, -0.2) is 0 Å². The van der Waals surface area contributed by atoms with Crippen molar-refractivity contribution in [1.82, 2.24) is 15.1 Å². The molecule has 1 aliphatic rings. The third kappa shape index (κ3) is 4.76. The summed E-state index contributed by atoms with van der Waals surface area (Å²) in [5, 5.41) is 9.29. The molecule has 0 radical (unpaired) electrons. The molecule has 8 nitrogen and oxygen atoms in total. The van der Waals surface area contributed by atoms with Crippen molar-refractivity contribution in [3.63, 3.8) is 0 Å². The lowest BCUT2D eigenvalue weighted by Gasteiger charge is -2.28. The van der Waals surface area contributed by atoms with E-state index in [0.717, 1.165) is 35.6 Å². The van der Waals surface area contributed by atoms with Crippen LogP contribution in [0.4, 0.5) is 5.00 Å². The normalized spacial score (nSPS) is 13.9. The quantitative estimate of drug-likeness (QED) is 0.354. The van der Waals surface area contributed by atoms with E-state index in [2.05, 4.69) is 27.2 Å². The Labute approximate surface area is 201 Å². The Morgan fingerprint density at radius 2 is 1.94 bits per heavy atom. The molecule has 1 aromatic carbocycles. The number of morpholine rings is 1. The van der Waals surface area contributed by atoms with Crippen molar-refractivity contribution in [2.75, 3.05) is 37.7 Å². The highest BCUT2D eigenvalue weighted by molar-refractivity contribution is 7.18. The molecular formula is C25H26N4O4S. The molecule has 0 aliphatic carbocycles. The second kappa shape index (κ2) is 10.2. The molecule has 0 saturated carbocycles. The van der Waals surface area contributed by atoms with Crippen molar-refractivity contribution in [1.29, 1.82) is 0 Å². The highest BCUT2D eigenvalue weighted by Crippen LogP contribution is 2.40. The molecule has 0 atom stereocenters. The zero-order chi connectivity index (χ0) is 23.3. The fourth-order valence-electron chi connectivity index (χ4n) is 3.97. The van der Waals surface area contributed by atoms with Crippen molar-refractivity contribution in [2.24, 2.45) is 0 Å². The van der Waals surface area contributed by atoms with E-state index in [9.17, 15) is 4.79 Å². The molecule has 0 bridgehead atoms. The molecule has 4 heterocycles. The fraction of sp³-hybridized carbons (Fsp3) is 0.320. The average Bonchev–Trinajstić information content (AvgIpc) is 3.65. The van der Waals surface area contributed by atoms with Crippen LogP contribution in [-0.4, -0.2) is 53.9 Å². The summed E-state index contributed by atoms with van der Waals surface area (Å²) in [6, 6.07) is 15.7. The molecule has 1 saturated heterocycles. The van der Waals surface area contributed by atoms with Crippen LogP contribution < -0.4 is 4.90 Å². The van der Waals surface area contributed by atoms with Gasteiger partial charge < -0.3 is 23.4 Å². The lowest BCUT2D eigenvalue weighted by atomic mass is 10.1. The Morgan fingerprint density at radius 1 is 1.12 bits per heavy atom. The third-order valence-electron chi connectivity index (χ3n) is 5.61. The van der Waals surface area contributed by atoms with E-state index in [1.165, 1.54) is 11.3 Å². The van der Waals surface area contributed by atoms with Crippen molar-refractivity contribution in [3.8, 4) is 22.8 Å². The molecule has 3 aromatic heterocycles. The van der Waals surface area contributed by atoms with Gasteiger partial charge in [-0.1, -0.05) is 37.3 Å². The first-order valence-corrected chi connectivity index (χ1v) is 12.2. The summed E-state index contributed by atoms with van der Waals surface area (Å²) in [5.41, 5.74) is 2.17. The van der Waals surface area contributed by atoms with Gasteiger partial charge in [0.25, 0.3) is 11.8 Å². The molecule has 0 unspecified atom stereocenters. The second-order valence-corrected chi connectivity index (χ2v) is 9.03. The molecule has 5 rings (SSSR count). The van der Waals surface area contributed by atoms with Crippen LogP contribution in [0.3, 0.4) is 0 Å². The number of rotatable bonds is 8. The van der Waals surface area contributed by atoms with E-state index < -0.39 is 0 Å². The van der Waals surface area contributed by atoms with E-state index in [-0.39, 0.29) is 12.5 Å². The summed E-state index contributed by atoms with van der Waals surface area (Å²) in [7, 11) is 0. The van der Waals surface area contributed by atoms with E-state index in [4.69, 9.17) is 13.6 Å². The molecule has 0 N–H and O–H groups in total. The minimum atomic E-state index is -0.0405. The highest BCUT2D eigenvalue weighted by atomic mass is 32.1. The van der Waals surface area contributed by atoms with Crippen molar-refractivity contribution >= 4 is 22.2 Å². The Morgan fingerprint density at radius 3 is 2.68 bits per heavy atom. The summed E-state index contributed by atoms with van der Waals surface area (Å²) in [6.45, 7) is 5.87. The Hall–Kier alpha value is -3.43. The lowest BCUT2D eigenvalue weighted by Crippen LogP contribution is -2.35. The largest absolute Gasteiger partial charge is 0.459 e. The van der Waals surface area contributed by atoms with Crippen LogP contribution in [0.1, 0.15) is 28.9 Å². The molecule has 1 aliphatic heterocycles. The van der Waals surface area contributed by atoms with Gasteiger partial charge in [-0.2, -0.15) is 0 Å². The lowest BCUT2D eigenvalue weighted by molar-refractivity contribution is 0.0733. The van der Waals surface area contributed by atoms with E-state index in [0.29, 0.717) is 42.2 Å². The molecule has 1 fully saturated rings. The van der Waals surface area contributed by atoms with Crippen molar-refractivity contribution in [3.05, 3.63) is 65.6 Å². The van der Waals surface area contributed by atoms with Crippen LogP contribution in [0.5, 0.6) is 0 Å². The zero-order valence-electron chi connectivity index (χ0n) is 19.0. The minimum absolute atomic E-state index is 0.0405. The first-order chi connectivity index (χ1) is 16.7. The summed E-state index contributed by atoms with van der Waals surface area (Å²) in [4.78, 5) is 18.4. The van der Waals surface area contributed by atoms with Gasteiger partial charge in [0.05, 0.1) is 35.9 Å². The SMILES string of the molecule is CCCN(Cc1nnc(-c2ccco2)o1)C(=O)c1cc(-c2ccccc2)c(N2CCOCC2)s1. The molecule has 9 heteroatoms. The van der Waals surface area contributed by atoms with Crippen LogP contribution in [0.2, 0.25) is 0 Å². The van der Waals surface area contributed by atoms with Crippen LogP contribution in [0.25, 0.3) is 22.8 Å². The van der Waals surface area contributed by atoms with Gasteiger partial charge in [0.15, 0.2) is 5.76 Å². The molecule has 4 aromatic rings. The maximum absolute atomic E-state index is 13.6. The van der Waals surface area contributed by atoms with Crippen molar-refractivity contribution < 1.29 is 18.4 Å². The maximum Gasteiger partial charge on any atom is 0.283 e. The topological polar surface area (TPSA) is 84.8 Å².